The van der Waals surface area contributed by atoms with E-state index in [2.05, 4.69) is 14.9 Å². The molecule has 4 rings (SSSR count). The van der Waals surface area contributed by atoms with Gasteiger partial charge in [0.2, 0.25) is 12.7 Å². The number of rotatable bonds is 1. The van der Waals surface area contributed by atoms with Crippen LogP contribution in [0.3, 0.4) is 0 Å². The maximum absolute atomic E-state index is 5.36. The van der Waals surface area contributed by atoms with Crippen molar-refractivity contribution >= 4 is 17.0 Å². The first-order chi connectivity index (χ1) is 8.90. The zero-order valence-corrected chi connectivity index (χ0v) is 9.81. The predicted octanol–water partition coefficient (Wildman–Crippen LogP) is 1.13. The van der Waals surface area contributed by atoms with E-state index in [1.807, 2.05) is 12.1 Å². The SMILES string of the molecule is c1c2c(cc3[nH]c(N4CCOCC4)nc13)OCO2. The van der Waals surface area contributed by atoms with Crippen LogP contribution in [0, 0.1) is 0 Å². The Morgan fingerprint density at radius 2 is 1.89 bits per heavy atom. The molecule has 1 aromatic heterocycles. The first-order valence-corrected chi connectivity index (χ1v) is 6.02. The molecule has 1 aromatic carbocycles. The molecule has 6 nitrogen and oxygen atoms in total. The third-order valence-corrected chi connectivity index (χ3v) is 3.27. The van der Waals surface area contributed by atoms with E-state index in [-0.39, 0.29) is 6.79 Å². The Balaban J connectivity index is 1.75. The summed E-state index contributed by atoms with van der Waals surface area (Å²) in [7, 11) is 0. The van der Waals surface area contributed by atoms with Gasteiger partial charge < -0.3 is 24.1 Å². The van der Waals surface area contributed by atoms with Crippen LogP contribution in [-0.2, 0) is 4.74 Å². The number of aromatic nitrogens is 2. The molecule has 2 aliphatic rings. The lowest BCUT2D eigenvalue weighted by Crippen LogP contribution is -2.36. The molecular weight excluding hydrogens is 234 g/mol. The molecule has 1 saturated heterocycles. The number of H-pyrrole nitrogens is 1. The molecule has 3 heterocycles. The quantitative estimate of drug-likeness (QED) is 0.818. The highest BCUT2D eigenvalue weighted by Crippen LogP contribution is 2.35. The van der Waals surface area contributed by atoms with Gasteiger partial charge in [0.05, 0.1) is 24.2 Å². The van der Waals surface area contributed by atoms with E-state index in [0.29, 0.717) is 0 Å². The lowest BCUT2D eigenvalue weighted by atomic mass is 10.3. The second-order valence-corrected chi connectivity index (χ2v) is 4.38. The zero-order chi connectivity index (χ0) is 11.9. The molecule has 0 spiro atoms. The largest absolute Gasteiger partial charge is 0.454 e. The van der Waals surface area contributed by atoms with Crippen LogP contribution in [-0.4, -0.2) is 43.1 Å². The molecule has 0 aliphatic carbocycles. The Bertz CT molecular complexity index is 549. The summed E-state index contributed by atoms with van der Waals surface area (Å²) >= 11 is 0. The van der Waals surface area contributed by atoms with Gasteiger partial charge in [0, 0.05) is 25.2 Å². The van der Waals surface area contributed by atoms with Gasteiger partial charge in [-0.3, -0.25) is 0 Å². The highest BCUT2D eigenvalue weighted by atomic mass is 16.7. The number of imidazole rings is 1. The number of hydrogen-bond acceptors (Lipinski definition) is 5. The lowest BCUT2D eigenvalue weighted by molar-refractivity contribution is 0.122. The second-order valence-electron chi connectivity index (χ2n) is 4.38. The van der Waals surface area contributed by atoms with E-state index in [1.165, 1.54) is 0 Å². The minimum absolute atomic E-state index is 0.290. The molecule has 6 heteroatoms. The van der Waals surface area contributed by atoms with Gasteiger partial charge in [-0.15, -0.1) is 0 Å². The standard InChI is InChI=1S/C12H13N3O3/c1-3-16-4-2-15(1)12-13-8-5-10-11(18-7-17-10)6-9(8)14-12/h5-6H,1-4,7H2,(H,13,14). The number of aromatic amines is 1. The molecule has 1 N–H and O–H groups in total. The molecule has 0 atom stereocenters. The third kappa shape index (κ3) is 1.49. The summed E-state index contributed by atoms with van der Waals surface area (Å²) in [5.41, 5.74) is 1.88. The Labute approximate surface area is 103 Å². The average Bonchev–Trinajstić information content (AvgIpc) is 3.01. The number of nitrogens with zero attached hydrogens (tertiary/aromatic N) is 2. The van der Waals surface area contributed by atoms with Crippen molar-refractivity contribution in [2.75, 3.05) is 38.0 Å². The van der Waals surface area contributed by atoms with Crippen LogP contribution < -0.4 is 14.4 Å². The van der Waals surface area contributed by atoms with Crippen LogP contribution in [0.15, 0.2) is 12.1 Å². The van der Waals surface area contributed by atoms with Gasteiger partial charge in [-0.25, -0.2) is 4.98 Å². The van der Waals surface area contributed by atoms with E-state index in [0.717, 1.165) is 54.8 Å². The van der Waals surface area contributed by atoms with E-state index in [4.69, 9.17) is 14.2 Å². The number of morpholine rings is 1. The molecule has 0 bridgehead atoms. The van der Waals surface area contributed by atoms with Crippen molar-refractivity contribution < 1.29 is 14.2 Å². The van der Waals surface area contributed by atoms with Gasteiger partial charge in [-0.05, 0) is 0 Å². The van der Waals surface area contributed by atoms with Gasteiger partial charge >= 0.3 is 0 Å². The predicted molar refractivity (Wildman–Crippen MR) is 65.2 cm³/mol. The van der Waals surface area contributed by atoms with Gasteiger partial charge in [0.25, 0.3) is 0 Å². The highest BCUT2D eigenvalue weighted by Gasteiger charge is 2.19. The first-order valence-electron chi connectivity index (χ1n) is 6.02. The fourth-order valence-electron chi connectivity index (χ4n) is 2.31. The summed E-state index contributed by atoms with van der Waals surface area (Å²) in [6.07, 6.45) is 0. The summed E-state index contributed by atoms with van der Waals surface area (Å²) in [5.74, 6) is 2.43. The maximum atomic E-state index is 5.36. The van der Waals surface area contributed by atoms with E-state index < -0.39 is 0 Å². The van der Waals surface area contributed by atoms with Crippen LogP contribution in [0.4, 0.5) is 5.95 Å². The Morgan fingerprint density at radius 3 is 2.72 bits per heavy atom. The highest BCUT2D eigenvalue weighted by molar-refractivity contribution is 5.82. The van der Waals surface area contributed by atoms with Crippen molar-refractivity contribution in [3.05, 3.63) is 12.1 Å². The number of fused-ring (bicyclic) bond motifs is 2. The molecule has 1 fully saturated rings. The number of hydrogen-bond donors (Lipinski definition) is 1. The third-order valence-electron chi connectivity index (χ3n) is 3.27. The van der Waals surface area contributed by atoms with Crippen molar-refractivity contribution in [2.45, 2.75) is 0 Å². The molecule has 18 heavy (non-hydrogen) atoms. The van der Waals surface area contributed by atoms with Crippen LogP contribution in [0.1, 0.15) is 0 Å². The van der Waals surface area contributed by atoms with E-state index in [1.54, 1.807) is 0 Å². The monoisotopic (exact) mass is 247 g/mol. The molecule has 0 amide bonds. The Morgan fingerprint density at radius 1 is 1.11 bits per heavy atom. The van der Waals surface area contributed by atoms with Crippen molar-refractivity contribution in [2.24, 2.45) is 0 Å². The fraction of sp³-hybridized carbons (Fsp3) is 0.417. The summed E-state index contributed by atoms with van der Waals surface area (Å²) in [5, 5.41) is 0. The molecule has 94 valence electrons. The number of benzene rings is 1. The van der Waals surface area contributed by atoms with E-state index in [9.17, 15) is 0 Å². The zero-order valence-electron chi connectivity index (χ0n) is 9.81. The van der Waals surface area contributed by atoms with Crippen molar-refractivity contribution in [1.29, 1.82) is 0 Å². The minimum Gasteiger partial charge on any atom is -0.454 e. The first kappa shape index (κ1) is 10.0. The lowest BCUT2D eigenvalue weighted by Gasteiger charge is -2.26. The Kier molecular flexibility index (Phi) is 2.10. The maximum Gasteiger partial charge on any atom is 0.231 e. The summed E-state index contributed by atoms with van der Waals surface area (Å²) in [6, 6.07) is 3.85. The smallest absolute Gasteiger partial charge is 0.231 e. The summed E-state index contributed by atoms with van der Waals surface area (Å²) < 4.78 is 16.0. The molecule has 2 aliphatic heterocycles. The van der Waals surface area contributed by atoms with Gasteiger partial charge in [-0.1, -0.05) is 0 Å². The average molecular weight is 247 g/mol. The normalized spacial score (nSPS) is 18.6. The Hall–Kier alpha value is -1.95. The number of ether oxygens (including phenoxy) is 3. The molecule has 2 aromatic rings. The van der Waals surface area contributed by atoms with Crippen LogP contribution in [0.25, 0.3) is 11.0 Å². The van der Waals surface area contributed by atoms with Crippen molar-refractivity contribution in [1.82, 2.24) is 9.97 Å². The minimum atomic E-state index is 0.290. The number of anilines is 1. The molecule has 0 unspecified atom stereocenters. The van der Waals surface area contributed by atoms with Crippen LogP contribution in [0.2, 0.25) is 0 Å². The molecule has 0 radical (unpaired) electrons. The fourth-order valence-corrected chi connectivity index (χ4v) is 2.31. The topological polar surface area (TPSA) is 59.6 Å². The number of nitrogens with one attached hydrogen (secondary N) is 1. The van der Waals surface area contributed by atoms with Gasteiger partial charge in [-0.2, -0.15) is 0 Å². The van der Waals surface area contributed by atoms with Crippen LogP contribution in [0.5, 0.6) is 11.5 Å². The van der Waals surface area contributed by atoms with Crippen molar-refractivity contribution in [3.63, 3.8) is 0 Å². The van der Waals surface area contributed by atoms with Gasteiger partial charge in [0.1, 0.15) is 0 Å². The van der Waals surface area contributed by atoms with Crippen molar-refractivity contribution in [3.8, 4) is 11.5 Å². The van der Waals surface area contributed by atoms with E-state index >= 15 is 0 Å². The van der Waals surface area contributed by atoms with Crippen LogP contribution >= 0.6 is 0 Å². The summed E-state index contributed by atoms with van der Waals surface area (Å²) in [4.78, 5) is 10.1. The molecular formula is C12H13N3O3. The second kappa shape index (κ2) is 3.78. The van der Waals surface area contributed by atoms with Gasteiger partial charge in [0.15, 0.2) is 11.5 Å². The molecule has 0 saturated carbocycles. The summed E-state index contributed by atoms with van der Waals surface area (Å²) in [6.45, 7) is 3.52.